The molecule has 13 aromatic carbocycles. The summed E-state index contributed by atoms with van der Waals surface area (Å²) in [6.45, 7) is 4.00. The van der Waals surface area contributed by atoms with E-state index >= 15 is 0 Å². The fourth-order valence-electron chi connectivity index (χ4n) is 13.3. The molecule has 1 aromatic heterocycles. The van der Waals surface area contributed by atoms with E-state index in [1.54, 1.807) is 0 Å². The number of hydrogen-bond acceptors (Lipinski definition) is 0. The summed E-state index contributed by atoms with van der Waals surface area (Å²) in [6, 6.07) is 115. The van der Waals surface area contributed by atoms with E-state index in [0.717, 1.165) is 12.1 Å². The second-order valence-corrected chi connectivity index (χ2v) is 25.4. The third-order valence-corrected chi connectivity index (χ3v) is 21.5. The number of fused-ring (bicyclic) bond motifs is 7. The Bertz CT molecular complexity index is 4910. The number of benzene rings is 13. The Morgan fingerprint density at radius 1 is 0.299 bits per heavy atom. The van der Waals surface area contributed by atoms with E-state index in [9.17, 15) is 0 Å². The predicted molar refractivity (Wildman–Crippen MR) is 372 cm³/mol. The molecule has 0 bridgehead atoms. The van der Waals surface area contributed by atoms with Gasteiger partial charge < -0.3 is 4.57 Å². The summed E-state index contributed by atoms with van der Waals surface area (Å²) < 4.78 is 2.53. The Morgan fingerprint density at radius 3 is 1.32 bits per heavy atom. The number of nitrogens with zero attached hydrogens (tertiary/aromatic N) is 1. The van der Waals surface area contributed by atoms with Crippen LogP contribution >= 0.6 is 10.0 Å². The fraction of sp³-hybridized carbons (Fsp3) is 0.0353. The summed E-state index contributed by atoms with van der Waals surface area (Å²) in [5.41, 5.74) is 23.2. The number of allylic oxidation sites excluding steroid dienone is 6. The van der Waals surface area contributed by atoms with E-state index in [0.29, 0.717) is 0 Å². The zero-order valence-electron chi connectivity index (χ0n) is 48.8. The van der Waals surface area contributed by atoms with Crippen molar-refractivity contribution in [1.82, 2.24) is 4.57 Å². The van der Waals surface area contributed by atoms with E-state index in [1.807, 2.05) is 13.8 Å². The number of hydrogen-bond donors (Lipinski definition) is 0. The van der Waals surface area contributed by atoms with Crippen molar-refractivity contribution in [3.63, 3.8) is 0 Å². The number of rotatable bonds is 10. The summed E-state index contributed by atoms with van der Waals surface area (Å²) in [5, 5.41) is 4.97. The summed E-state index contributed by atoms with van der Waals surface area (Å²) in [5.74, 6) is 0. The van der Waals surface area contributed by atoms with Crippen molar-refractivity contribution in [2.45, 2.75) is 39.9 Å². The molecule has 0 unspecified atom stereocenters. The Balaban J connectivity index is 0.00000316. The lowest BCUT2D eigenvalue weighted by Gasteiger charge is -2.39. The van der Waals surface area contributed by atoms with Gasteiger partial charge in [-0.1, -0.05) is 281 Å². The highest BCUT2D eigenvalue weighted by Crippen LogP contribution is 2.80. The summed E-state index contributed by atoms with van der Waals surface area (Å²) in [7, 11) is -2.02. The summed E-state index contributed by atoms with van der Waals surface area (Å²) in [6.07, 6.45) is 10.1. The molecule has 1 aliphatic carbocycles. The molecule has 0 spiro atoms. The molecule has 1 aliphatic heterocycles. The second kappa shape index (κ2) is 22.8. The van der Waals surface area contributed by atoms with Crippen molar-refractivity contribution >= 4 is 53.8 Å². The van der Waals surface area contributed by atoms with Crippen LogP contribution < -0.4 is 0 Å². The van der Waals surface area contributed by atoms with Gasteiger partial charge in [-0.25, -0.2) is 0 Å². The largest absolute Gasteiger partial charge is 0.309 e. The van der Waals surface area contributed by atoms with Crippen molar-refractivity contribution in [2.24, 2.45) is 0 Å². The van der Waals surface area contributed by atoms with Crippen molar-refractivity contribution in [1.29, 1.82) is 0 Å². The zero-order valence-corrected chi connectivity index (χ0v) is 49.6. The van der Waals surface area contributed by atoms with Gasteiger partial charge in [0.2, 0.25) is 0 Å². The first-order chi connectivity index (χ1) is 43.1. The Labute approximate surface area is 512 Å². The van der Waals surface area contributed by atoms with Gasteiger partial charge in [0, 0.05) is 36.0 Å². The molecule has 0 N–H and O–H groups in total. The smallest absolute Gasteiger partial charge is 0.0541 e. The topological polar surface area (TPSA) is 4.93 Å². The van der Waals surface area contributed by atoms with Crippen molar-refractivity contribution in [2.75, 3.05) is 0 Å². The molecule has 1 nitrogen and oxygen atoms in total. The molecule has 0 radical (unpaired) electrons. The number of aromatic nitrogens is 1. The molecule has 14 aromatic rings. The third kappa shape index (κ3) is 9.47. The standard InChI is InChI=1S/C83H57NS.C2H6/c1-5-17-57(18-6-1)61-33-37-63(38-34-61)59-22-15-23-60(32-31-59)68-46-51-80-78(53-68)79-54-69(66-43-41-65(42-44-66)64-39-35-62(36-40-64)58-19-7-2-8-20-58)47-52-81(79)84(80)71-48-50-77-76-49-45-70(75-30-16-24-67-21-13-14-29-74(67)75)55-82(76)85(83(77)56-71,72-25-9-3-10-26-72)73-27-11-4-12-28-73;1-2/h1-22,24-56H,23H2;1-2H3. The van der Waals surface area contributed by atoms with Crippen LogP contribution in [0.2, 0.25) is 0 Å². The quantitative estimate of drug-likeness (QED) is 0.129. The maximum absolute atomic E-state index is 2.55. The van der Waals surface area contributed by atoms with Crippen LogP contribution in [0.5, 0.6) is 0 Å². The molecular formula is C85H63NS. The molecule has 0 amide bonds. The molecule has 87 heavy (non-hydrogen) atoms. The van der Waals surface area contributed by atoms with E-state index in [4.69, 9.17) is 0 Å². The van der Waals surface area contributed by atoms with Crippen LogP contribution in [-0.4, -0.2) is 4.57 Å². The van der Waals surface area contributed by atoms with Crippen LogP contribution in [0.4, 0.5) is 0 Å². The van der Waals surface area contributed by atoms with Crippen molar-refractivity contribution < 1.29 is 0 Å². The van der Waals surface area contributed by atoms with E-state index in [2.05, 4.69) is 338 Å². The minimum Gasteiger partial charge on any atom is -0.309 e. The molecular weight excluding hydrogens is 1070 g/mol. The molecule has 0 atom stereocenters. The van der Waals surface area contributed by atoms with Crippen molar-refractivity contribution in [3.8, 4) is 72.4 Å². The zero-order chi connectivity index (χ0) is 58.3. The summed E-state index contributed by atoms with van der Waals surface area (Å²) >= 11 is 0. The maximum atomic E-state index is 2.55. The van der Waals surface area contributed by atoms with E-state index in [1.165, 1.54) is 141 Å². The van der Waals surface area contributed by atoms with Crippen molar-refractivity contribution in [3.05, 3.63) is 345 Å². The lowest BCUT2D eigenvalue weighted by Crippen LogP contribution is -2.03. The Hall–Kier alpha value is -10.5. The SMILES string of the molecule is C1=CC(c2ccc(-c3ccccc3)cc2)=CC=C(c2ccc3c(c2)c2cc(-c4ccc(-c5ccc(-c6ccccc6)cc5)cc4)ccc2n3-c2ccc3c(c2)S(c2ccccc2)(c2ccccc2)c2cc(-c4cccc5ccccc45)ccc2-3)C1.CC. The molecule has 2 aliphatic rings. The predicted octanol–water partition coefficient (Wildman–Crippen LogP) is 24.0. The molecule has 0 saturated carbocycles. The third-order valence-electron chi connectivity index (χ3n) is 17.6. The first-order valence-electron chi connectivity index (χ1n) is 30.4. The van der Waals surface area contributed by atoms with E-state index < -0.39 is 10.0 Å². The molecule has 2 heteroatoms. The Morgan fingerprint density at radius 2 is 0.736 bits per heavy atom. The first-order valence-corrected chi connectivity index (χ1v) is 32.0. The highest BCUT2D eigenvalue weighted by Gasteiger charge is 2.42. The van der Waals surface area contributed by atoms with Gasteiger partial charge >= 0.3 is 0 Å². The maximum Gasteiger partial charge on any atom is 0.0541 e. The van der Waals surface area contributed by atoms with Crippen LogP contribution in [-0.2, 0) is 0 Å². The molecule has 0 saturated heterocycles. The summed E-state index contributed by atoms with van der Waals surface area (Å²) in [4.78, 5) is 5.39. The molecule has 414 valence electrons. The molecule has 0 fully saturated rings. The monoisotopic (exact) mass is 1130 g/mol. The van der Waals surface area contributed by atoms with Gasteiger partial charge in [0.05, 0.1) is 11.0 Å². The minimum absolute atomic E-state index is 0.830. The van der Waals surface area contributed by atoms with Gasteiger partial charge in [-0.15, -0.1) is 10.0 Å². The van der Waals surface area contributed by atoms with Gasteiger partial charge in [0.1, 0.15) is 0 Å². The second-order valence-electron chi connectivity index (χ2n) is 22.3. The van der Waals surface area contributed by atoms with Gasteiger partial charge in [-0.05, 0) is 173 Å². The van der Waals surface area contributed by atoms with Crippen LogP contribution in [0.15, 0.2) is 353 Å². The van der Waals surface area contributed by atoms with E-state index in [-0.39, 0.29) is 0 Å². The average Bonchev–Trinajstić information content (AvgIpc) is 1.58. The van der Waals surface area contributed by atoms with Gasteiger partial charge in [0.25, 0.3) is 0 Å². The van der Waals surface area contributed by atoms with Crippen LogP contribution in [0.3, 0.4) is 0 Å². The first kappa shape index (κ1) is 53.2. The molecule has 16 rings (SSSR count). The molecule has 2 heterocycles. The van der Waals surface area contributed by atoms with Gasteiger partial charge in [0.15, 0.2) is 0 Å². The van der Waals surface area contributed by atoms with Crippen LogP contribution in [0, 0.1) is 0 Å². The average molecular weight is 1130 g/mol. The Kier molecular flexibility index (Phi) is 14.0. The fourth-order valence-corrected chi connectivity index (χ4v) is 17.6. The van der Waals surface area contributed by atoms with Crippen LogP contribution in [0.25, 0.3) is 116 Å². The van der Waals surface area contributed by atoms with Crippen LogP contribution in [0.1, 0.15) is 31.4 Å². The normalized spacial score (nSPS) is 13.4. The van der Waals surface area contributed by atoms with Gasteiger partial charge in [-0.2, -0.15) is 0 Å². The highest BCUT2D eigenvalue weighted by atomic mass is 32.3. The van der Waals surface area contributed by atoms with Gasteiger partial charge in [-0.3, -0.25) is 0 Å². The lowest BCUT2D eigenvalue weighted by molar-refractivity contribution is 1.16. The highest BCUT2D eigenvalue weighted by molar-refractivity contribution is 8.34. The lowest BCUT2D eigenvalue weighted by atomic mass is 9.96. The minimum atomic E-state index is -2.02.